The van der Waals surface area contributed by atoms with Crippen molar-refractivity contribution in [3.63, 3.8) is 0 Å². The molecule has 32 heavy (non-hydrogen) atoms. The normalized spacial score (nSPS) is 16.4. The number of hydrogen-bond donors (Lipinski definition) is 1. The number of rotatable bonds is 5. The molecule has 0 aliphatic carbocycles. The average Bonchev–Trinajstić information content (AvgIpc) is 3.24. The summed E-state index contributed by atoms with van der Waals surface area (Å²) >= 11 is 1.34. The number of nitrogens with zero attached hydrogens (tertiary/aromatic N) is 3. The summed E-state index contributed by atoms with van der Waals surface area (Å²) in [4.78, 5) is 44.9. The van der Waals surface area contributed by atoms with Crippen LogP contribution < -0.4 is 15.7 Å². The number of likely N-dealkylation sites (tertiary alicyclic amines) is 1. The summed E-state index contributed by atoms with van der Waals surface area (Å²) in [5, 5.41) is 2.17. The number of nitrogens with one attached hydrogen (secondary N) is 1. The number of carbonyl (C=O) groups excluding carboxylic acids is 2. The molecule has 1 aromatic carbocycles. The third-order valence-corrected chi connectivity index (χ3v) is 6.11. The minimum absolute atomic E-state index is 0.00744. The number of aromatic nitrogens is 2. The summed E-state index contributed by atoms with van der Waals surface area (Å²) in [6.07, 6.45) is 1.07. The lowest BCUT2D eigenvalue weighted by Crippen LogP contribution is -2.46. The van der Waals surface area contributed by atoms with E-state index >= 15 is 0 Å². The van der Waals surface area contributed by atoms with Gasteiger partial charge in [-0.05, 0) is 43.3 Å². The van der Waals surface area contributed by atoms with Crippen molar-refractivity contribution in [2.24, 2.45) is 5.92 Å². The molecular formula is C21H20F2N4O4S. The van der Waals surface area contributed by atoms with Crippen molar-refractivity contribution in [1.82, 2.24) is 14.6 Å². The van der Waals surface area contributed by atoms with E-state index in [1.807, 2.05) is 0 Å². The van der Waals surface area contributed by atoms with Crippen LogP contribution in [0.2, 0.25) is 0 Å². The van der Waals surface area contributed by atoms with Gasteiger partial charge in [0.1, 0.15) is 16.4 Å². The molecule has 4 rings (SSSR count). The molecule has 2 amide bonds. The fourth-order valence-corrected chi connectivity index (χ4v) is 4.54. The van der Waals surface area contributed by atoms with Gasteiger partial charge in [0.05, 0.1) is 16.9 Å². The Balaban J connectivity index is 1.51. The van der Waals surface area contributed by atoms with Crippen LogP contribution in [-0.4, -0.2) is 46.1 Å². The molecule has 0 spiro atoms. The average molecular weight is 462 g/mol. The van der Waals surface area contributed by atoms with E-state index in [9.17, 15) is 23.2 Å². The molecule has 0 radical (unpaired) electrons. The Morgan fingerprint density at radius 3 is 2.84 bits per heavy atom. The van der Waals surface area contributed by atoms with Gasteiger partial charge in [-0.25, -0.2) is 9.66 Å². The standard InChI is InChI=1S/C21H20F2N4O4S/c1-12-24-18-15(8-10-32-18)20(30)27(12)25-17(28)13-5-4-9-26(11-13)19(29)14-6-2-3-7-16(14)31-21(22)23/h2-3,6-8,10,13,21H,4-5,9,11H2,1H3,(H,25,28). The molecule has 0 saturated carbocycles. The Labute approximate surface area is 185 Å². The van der Waals surface area contributed by atoms with Gasteiger partial charge in [0.15, 0.2) is 0 Å². The number of hydrogen-bond acceptors (Lipinski definition) is 6. The predicted octanol–water partition coefficient (Wildman–Crippen LogP) is 2.99. The Kier molecular flexibility index (Phi) is 6.17. The number of thiophene rings is 1. The highest BCUT2D eigenvalue weighted by Crippen LogP contribution is 2.25. The first-order valence-corrected chi connectivity index (χ1v) is 10.8. The van der Waals surface area contributed by atoms with Crippen LogP contribution in [0.25, 0.3) is 10.2 Å². The minimum atomic E-state index is -3.06. The molecule has 1 N–H and O–H groups in total. The largest absolute Gasteiger partial charge is 0.434 e. The van der Waals surface area contributed by atoms with Gasteiger partial charge in [0.2, 0.25) is 5.91 Å². The molecule has 0 bridgehead atoms. The van der Waals surface area contributed by atoms with E-state index in [-0.39, 0.29) is 23.4 Å². The van der Waals surface area contributed by atoms with Crippen molar-refractivity contribution in [2.75, 3.05) is 18.5 Å². The molecular weight excluding hydrogens is 442 g/mol. The van der Waals surface area contributed by atoms with Gasteiger partial charge >= 0.3 is 6.61 Å². The first-order chi connectivity index (χ1) is 15.3. The highest BCUT2D eigenvalue weighted by molar-refractivity contribution is 7.16. The van der Waals surface area contributed by atoms with Gasteiger partial charge in [-0.2, -0.15) is 8.78 Å². The number of alkyl halides is 2. The van der Waals surface area contributed by atoms with Crippen molar-refractivity contribution in [2.45, 2.75) is 26.4 Å². The lowest BCUT2D eigenvalue weighted by Gasteiger charge is -2.32. The van der Waals surface area contributed by atoms with Crippen molar-refractivity contribution in [3.05, 3.63) is 57.5 Å². The zero-order chi connectivity index (χ0) is 22.8. The summed E-state index contributed by atoms with van der Waals surface area (Å²) < 4.78 is 31.0. The van der Waals surface area contributed by atoms with Gasteiger partial charge in [-0.15, -0.1) is 11.3 Å². The van der Waals surface area contributed by atoms with E-state index in [1.54, 1.807) is 24.4 Å². The number of aryl methyl sites for hydroxylation is 1. The molecule has 1 saturated heterocycles. The first-order valence-electron chi connectivity index (χ1n) is 9.96. The highest BCUT2D eigenvalue weighted by Gasteiger charge is 2.31. The quantitative estimate of drug-likeness (QED) is 0.629. The minimum Gasteiger partial charge on any atom is -0.434 e. The van der Waals surface area contributed by atoms with Crippen LogP contribution in [0.5, 0.6) is 5.75 Å². The smallest absolute Gasteiger partial charge is 0.387 e. The van der Waals surface area contributed by atoms with E-state index in [1.165, 1.54) is 34.4 Å². The Morgan fingerprint density at radius 2 is 2.06 bits per heavy atom. The molecule has 3 aromatic rings. The van der Waals surface area contributed by atoms with Gasteiger partial charge in [0.25, 0.3) is 11.5 Å². The summed E-state index contributed by atoms with van der Waals surface area (Å²) in [6, 6.07) is 7.42. The van der Waals surface area contributed by atoms with Crippen LogP contribution >= 0.6 is 11.3 Å². The summed E-state index contributed by atoms with van der Waals surface area (Å²) in [6.45, 7) is -0.959. The molecule has 1 unspecified atom stereocenters. The second-order valence-electron chi connectivity index (χ2n) is 7.38. The number of benzene rings is 1. The van der Waals surface area contributed by atoms with Crippen molar-refractivity contribution < 1.29 is 23.1 Å². The van der Waals surface area contributed by atoms with Crippen LogP contribution in [0, 0.1) is 12.8 Å². The maximum absolute atomic E-state index is 13.0. The molecule has 1 aliphatic heterocycles. The van der Waals surface area contributed by atoms with E-state index in [0.29, 0.717) is 35.4 Å². The highest BCUT2D eigenvalue weighted by atomic mass is 32.1. The van der Waals surface area contributed by atoms with Crippen molar-refractivity contribution in [1.29, 1.82) is 0 Å². The molecule has 11 heteroatoms. The van der Waals surface area contributed by atoms with Crippen molar-refractivity contribution in [3.8, 4) is 5.75 Å². The molecule has 2 aromatic heterocycles. The van der Waals surface area contributed by atoms with Gasteiger partial charge < -0.3 is 9.64 Å². The summed E-state index contributed by atoms with van der Waals surface area (Å²) in [7, 11) is 0. The number of fused-ring (bicyclic) bond motifs is 1. The number of ether oxygens (including phenoxy) is 1. The monoisotopic (exact) mass is 462 g/mol. The van der Waals surface area contributed by atoms with Gasteiger partial charge in [-0.1, -0.05) is 12.1 Å². The number of amides is 2. The molecule has 1 fully saturated rings. The van der Waals surface area contributed by atoms with Crippen LogP contribution in [0.4, 0.5) is 8.78 Å². The zero-order valence-electron chi connectivity index (χ0n) is 17.1. The van der Waals surface area contributed by atoms with E-state index < -0.39 is 24.3 Å². The van der Waals surface area contributed by atoms with Crippen LogP contribution in [0.3, 0.4) is 0 Å². The molecule has 168 valence electrons. The maximum atomic E-state index is 13.0. The number of para-hydroxylation sites is 1. The number of carbonyl (C=O) groups is 2. The van der Waals surface area contributed by atoms with E-state index in [2.05, 4.69) is 15.1 Å². The lowest BCUT2D eigenvalue weighted by molar-refractivity contribution is -0.122. The Bertz CT molecular complexity index is 1230. The maximum Gasteiger partial charge on any atom is 0.387 e. The number of piperidine rings is 1. The zero-order valence-corrected chi connectivity index (χ0v) is 17.9. The Morgan fingerprint density at radius 1 is 1.28 bits per heavy atom. The first kappa shape index (κ1) is 21.9. The van der Waals surface area contributed by atoms with Crippen LogP contribution in [0.15, 0.2) is 40.5 Å². The fourth-order valence-electron chi connectivity index (χ4n) is 3.74. The molecule has 8 nitrogen and oxygen atoms in total. The SMILES string of the molecule is Cc1nc2sccc2c(=O)n1NC(=O)C1CCCN(C(=O)c2ccccc2OC(F)F)C1. The molecule has 3 heterocycles. The van der Waals surface area contributed by atoms with Crippen LogP contribution in [0.1, 0.15) is 29.0 Å². The van der Waals surface area contributed by atoms with Crippen molar-refractivity contribution >= 4 is 33.4 Å². The number of halogens is 2. The topological polar surface area (TPSA) is 93.5 Å². The molecule has 1 aliphatic rings. The fraction of sp³-hybridized carbons (Fsp3) is 0.333. The predicted molar refractivity (Wildman–Crippen MR) is 115 cm³/mol. The molecule has 1 atom stereocenters. The van der Waals surface area contributed by atoms with E-state index in [0.717, 1.165) is 4.68 Å². The third-order valence-electron chi connectivity index (χ3n) is 5.30. The van der Waals surface area contributed by atoms with Gasteiger partial charge in [-0.3, -0.25) is 19.8 Å². The second kappa shape index (κ2) is 9.03. The second-order valence-corrected chi connectivity index (χ2v) is 8.27. The van der Waals surface area contributed by atoms with Gasteiger partial charge in [0, 0.05) is 13.1 Å². The lowest BCUT2D eigenvalue weighted by atomic mass is 9.96. The summed E-state index contributed by atoms with van der Waals surface area (Å²) in [5.41, 5.74) is 2.25. The Hall–Kier alpha value is -3.34. The summed E-state index contributed by atoms with van der Waals surface area (Å²) in [5.74, 6) is -1.34. The van der Waals surface area contributed by atoms with Crippen LogP contribution in [-0.2, 0) is 4.79 Å². The third kappa shape index (κ3) is 4.33. The van der Waals surface area contributed by atoms with E-state index in [4.69, 9.17) is 0 Å².